The van der Waals surface area contributed by atoms with Gasteiger partial charge in [0.15, 0.2) is 6.10 Å². The van der Waals surface area contributed by atoms with Crippen LogP contribution in [0.25, 0.3) is 0 Å². The first-order valence-electron chi connectivity index (χ1n) is 5.94. The number of phenolic OH excluding ortho intramolecular Hbond substituents is 1. The maximum Gasteiger partial charge on any atom is 0.411 e. The Bertz CT molecular complexity index is 428. The molecule has 0 saturated carbocycles. The lowest BCUT2D eigenvalue weighted by molar-refractivity contribution is -0.194. The quantitative estimate of drug-likeness (QED) is 0.818. The Kier molecular flexibility index (Phi) is 5.82. The highest BCUT2D eigenvalue weighted by Crippen LogP contribution is 2.18. The van der Waals surface area contributed by atoms with Crippen LogP contribution in [-0.4, -0.2) is 36.6 Å². The molecule has 0 spiro atoms. The van der Waals surface area contributed by atoms with E-state index >= 15 is 0 Å². The molecule has 0 aliphatic carbocycles. The number of esters is 1. The molecule has 0 heterocycles. The summed E-state index contributed by atoms with van der Waals surface area (Å²) in [4.78, 5) is 11.6. The van der Waals surface area contributed by atoms with Crippen LogP contribution in [0.3, 0.4) is 0 Å². The Hall–Kier alpha value is -1.76. The smallest absolute Gasteiger partial charge is 0.411 e. The highest BCUT2D eigenvalue weighted by Gasteiger charge is 2.32. The number of rotatable bonds is 6. The van der Waals surface area contributed by atoms with Crippen LogP contribution in [0.4, 0.5) is 13.2 Å². The molecule has 4 nitrogen and oxygen atoms in total. The van der Waals surface area contributed by atoms with E-state index in [1.54, 1.807) is 6.92 Å². The van der Waals surface area contributed by atoms with Crippen molar-refractivity contribution in [1.29, 1.82) is 0 Å². The number of carbonyl (C=O) groups is 1. The number of halogens is 3. The first kappa shape index (κ1) is 16.3. The number of benzene rings is 1. The fourth-order valence-corrected chi connectivity index (χ4v) is 1.49. The van der Waals surface area contributed by atoms with Gasteiger partial charge >= 0.3 is 12.1 Å². The Morgan fingerprint density at radius 3 is 2.40 bits per heavy atom. The van der Waals surface area contributed by atoms with E-state index in [-0.39, 0.29) is 18.8 Å². The molecule has 0 aliphatic heterocycles. The van der Waals surface area contributed by atoms with Crippen molar-refractivity contribution >= 4 is 5.97 Å². The Labute approximate surface area is 114 Å². The predicted octanol–water partition coefficient (Wildman–Crippen LogP) is 2.45. The summed E-state index contributed by atoms with van der Waals surface area (Å²) in [5.41, 5.74) is 0.558. The van der Waals surface area contributed by atoms with Gasteiger partial charge < -0.3 is 14.6 Å². The maximum absolute atomic E-state index is 12.1. The minimum absolute atomic E-state index is 0.0256. The van der Waals surface area contributed by atoms with Crippen LogP contribution in [0.1, 0.15) is 12.5 Å². The van der Waals surface area contributed by atoms with Gasteiger partial charge in [-0.05, 0) is 24.6 Å². The zero-order chi connectivity index (χ0) is 15.2. The molecule has 1 atom stereocenters. The number of alkyl halides is 3. The van der Waals surface area contributed by atoms with Gasteiger partial charge in [-0.3, -0.25) is 0 Å². The summed E-state index contributed by atoms with van der Waals surface area (Å²) in [6.45, 7) is 0.0914. The predicted molar refractivity (Wildman–Crippen MR) is 64.2 cm³/mol. The summed E-state index contributed by atoms with van der Waals surface area (Å²) >= 11 is 0. The van der Waals surface area contributed by atoms with Crippen LogP contribution in [0.2, 0.25) is 0 Å². The first-order chi connectivity index (χ1) is 9.31. The van der Waals surface area contributed by atoms with Crippen molar-refractivity contribution in [2.75, 3.05) is 13.2 Å². The molecule has 1 aromatic rings. The van der Waals surface area contributed by atoms with Crippen LogP contribution in [0.15, 0.2) is 24.3 Å². The molecule has 0 bridgehead atoms. The normalized spacial score (nSPS) is 13.0. The highest BCUT2D eigenvalue weighted by molar-refractivity contribution is 5.75. The van der Waals surface area contributed by atoms with Gasteiger partial charge in [0.2, 0.25) is 0 Å². The van der Waals surface area contributed by atoms with E-state index in [1.165, 1.54) is 24.3 Å². The molecule has 0 fully saturated rings. The van der Waals surface area contributed by atoms with Crippen LogP contribution in [0.5, 0.6) is 5.75 Å². The summed E-state index contributed by atoms with van der Waals surface area (Å²) in [6, 6.07) is 5.75. The van der Waals surface area contributed by atoms with Crippen molar-refractivity contribution in [3.63, 3.8) is 0 Å². The minimum atomic E-state index is -4.51. The summed E-state index contributed by atoms with van der Waals surface area (Å²) in [5.74, 6) is -0.817. The maximum atomic E-state index is 12.1. The summed E-state index contributed by atoms with van der Waals surface area (Å²) in [5, 5.41) is 9.12. The molecule has 0 radical (unpaired) electrons. The van der Waals surface area contributed by atoms with Crippen molar-refractivity contribution in [2.45, 2.75) is 25.6 Å². The molecule has 0 amide bonds. The van der Waals surface area contributed by atoms with E-state index in [0.717, 1.165) is 0 Å². The van der Waals surface area contributed by atoms with E-state index in [0.29, 0.717) is 5.56 Å². The molecule has 1 aromatic carbocycles. The van der Waals surface area contributed by atoms with E-state index in [4.69, 9.17) is 5.11 Å². The second-order valence-corrected chi connectivity index (χ2v) is 4.04. The molecule has 0 aromatic heterocycles. The second-order valence-electron chi connectivity index (χ2n) is 4.04. The van der Waals surface area contributed by atoms with Gasteiger partial charge in [0.1, 0.15) is 12.4 Å². The Morgan fingerprint density at radius 2 is 1.90 bits per heavy atom. The van der Waals surface area contributed by atoms with Crippen molar-refractivity contribution in [1.82, 2.24) is 0 Å². The zero-order valence-electron chi connectivity index (χ0n) is 10.8. The summed E-state index contributed by atoms with van der Waals surface area (Å²) < 4.78 is 45.7. The van der Waals surface area contributed by atoms with Gasteiger partial charge in [-0.2, -0.15) is 13.2 Å². The highest BCUT2D eigenvalue weighted by atomic mass is 19.4. The lowest BCUT2D eigenvalue weighted by Crippen LogP contribution is -2.32. The van der Waals surface area contributed by atoms with Crippen LogP contribution in [0, 0.1) is 0 Å². The lowest BCUT2D eigenvalue weighted by Gasteiger charge is -2.17. The molecule has 1 rings (SSSR count). The van der Waals surface area contributed by atoms with Crippen molar-refractivity contribution in [3.05, 3.63) is 29.8 Å². The molecule has 1 unspecified atom stereocenters. The molecular weight excluding hydrogens is 277 g/mol. The number of carbonyl (C=O) groups excluding carboxylic acids is 1. The Balaban J connectivity index is 2.71. The van der Waals surface area contributed by atoms with Crippen LogP contribution < -0.4 is 0 Å². The van der Waals surface area contributed by atoms with Crippen LogP contribution in [-0.2, 0) is 20.7 Å². The molecule has 112 valence electrons. The van der Waals surface area contributed by atoms with Gasteiger partial charge in [0.25, 0.3) is 0 Å². The van der Waals surface area contributed by atoms with E-state index in [1.807, 2.05) is 0 Å². The fourth-order valence-electron chi connectivity index (χ4n) is 1.49. The van der Waals surface area contributed by atoms with E-state index in [9.17, 15) is 18.0 Å². The average Bonchev–Trinajstić information content (AvgIpc) is 2.36. The largest absolute Gasteiger partial charge is 0.508 e. The van der Waals surface area contributed by atoms with Gasteiger partial charge in [0, 0.05) is 6.42 Å². The van der Waals surface area contributed by atoms with E-state index < -0.39 is 24.9 Å². The van der Waals surface area contributed by atoms with Crippen LogP contribution >= 0.6 is 0 Å². The third kappa shape index (κ3) is 5.92. The van der Waals surface area contributed by atoms with Crippen molar-refractivity contribution in [3.8, 4) is 5.75 Å². The fraction of sp³-hybridized carbons (Fsp3) is 0.462. The lowest BCUT2D eigenvalue weighted by atomic mass is 10.1. The summed E-state index contributed by atoms with van der Waals surface area (Å²) in [6.07, 6.45) is -5.91. The minimum Gasteiger partial charge on any atom is -0.508 e. The van der Waals surface area contributed by atoms with Gasteiger partial charge in [-0.25, -0.2) is 4.79 Å². The Morgan fingerprint density at radius 1 is 1.30 bits per heavy atom. The van der Waals surface area contributed by atoms with Crippen molar-refractivity contribution in [2.24, 2.45) is 0 Å². The second kappa shape index (κ2) is 7.14. The van der Waals surface area contributed by atoms with E-state index in [2.05, 4.69) is 9.47 Å². The molecule has 20 heavy (non-hydrogen) atoms. The third-order valence-corrected chi connectivity index (χ3v) is 2.36. The number of phenols is 1. The molecule has 0 saturated heterocycles. The monoisotopic (exact) mass is 292 g/mol. The molecule has 7 heteroatoms. The molecule has 0 aliphatic rings. The third-order valence-electron chi connectivity index (χ3n) is 2.36. The van der Waals surface area contributed by atoms with Gasteiger partial charge in [-0.1, -0.05) is 12.1 Å². The van der Waals surface area contributed by atoms with Gasteiger partial charge in [-0.15, -0.1) is 0 Å². The number of hydrogen-bond acceptors (Lipinski definition) is 4. The average molecular weight is 292 g/mol. The SMILES string of the molecule is CCOC(=O)C(Cc1ccc(O)cc1)OCC(F)(F)F. The number of hydrogen-bond donors (Lipinski definition) is 1. The molecular formula is C13H15F3O4. The standard InChI is InChI=1S/C13H15F3O4/c1-2-19-12(18)11(20-8-13(14,15)16)7-9-3-5-10(17)6-4-9/h3-6,11,17H,2,7-8H2,1H3. The first-order valence-corrected chi connectivity index (χ1v) is 5.94. The van der Waals surface area contributed by atoms with Gasteiger partial charge in [0.05, 0.1) is 6.61 Å². The topological polar surface area (TPSA) is 55.8 Å². The molecule has 1 N–H and O–H groups in total. The summed E-state index contributed by atoms with van der Waals surface area (Å²) in [7, 11) is 0. The van der Waals surface area contributed by atoms with Crippen molar-refractivity contribution < 1.29 is 32.5 Å². The number of aromatic hydroxyl groups is 1. The number of ether oxygens (including phenoxy) is 2. The zero-order valence-corrected chi connectivity index (χ0v) is 10.8.